The molecule has 0 heterocycles. The Morgan fingerprint density at radius 3 is 1.29 bits per heavy atom. The number of hydrogen-bond donors (Lipinski definition) is 4. The molecular formula is C78H148O4. The van der Waals surface area contributed by atoms with Gasteiger partial charge >= 0.3 is 0 Å². The van der Waals surface area contributed by atoms with Gasteiger partial charge in [-0.2, -0.15) is 0 Å². The molecule has 0 aromatic carbocycles. The smallest absolute Gasteiger partial charge is 0.0433 e. The van der Waals surface area contributed by atoms with Gasteiger partial charge in [-0.1, -0.05) is 254 Å². The van der Waals surface area contributed by atoms with Gasteiger partial charge in [-0.25, -0.2) is 0 Å². The Morgan fingerprint density at radius 1 is 0.268 bits per heavy atom. The van der Waals surface area contributed by atoms with E-state index < -0.39 is 0 Å². The average Bonchev–Trinajstić information content (AvgIpc) is 4.49. The molecule has 5 fully saturated rings. The summed E-state index contributed by atoms with van der Waals surface area (Å²) in [5, 5.41) is 37.9. The van der Waals surface area contributed by atoms with Gasteiger partial charge in [-0.05, 0) is 215 Å². The first-order valence-electron chi connectivity index (χ1n) is 38.2. The normalized spacial score (nSPS) is 29.7. The van der Waals surface area contributed by atoms with Crippen molar-refractivity contribution < 1.29 is 20.4 Å². The summed E-state index contributed by atoms with van der Waals surface area (Å²) in [4.78, 5) is 0. The molecule has 0 aromatic rings. The van der Waals surface area contributed by atoms with Crippen molar-refractivity contribution in [2.45, 2.75) is 351 Å². The Balaban J connectivity index is 1.10. The first kappa shape index (κ1) is 72.6. The molecule has 0 radical (unpaired) electrons. The van der Waals surface area contributed by atoms with Crippen molar-refractivity contribution in [2.75, 3.05) is 26.4 Å². The Labute approximate surface area is 513 Å². The zero-order valence-electron chi connectivity index (χ0n) is 56.7. The van der Waals surface area contributed by atoms with Gasteiger partial charge in [-0.3, -0.25) is 0 Å². The molecule has 0 spiro atoms. The maximum atomic E-state index is 9.62. The van der Waals surface area contributed by atoms with E-state index >= 15 is 0 Å². The molecule has 5 saturated carbocycles. The molecule has 484 valence electrons. The summed E-state index contributed by atoms with van der Waals surface area (Å²) in [6, 6.07) is 0. The molecular weight excluding hydrogens is 1000 g/mol. The third kappa shape index (κ3) is 29.0. The van der Waals surface area contributed by atoms with E-state index in [9.17, 15) is 20.4 Å². The molecule has 0 bridgehead atoms. The molecule has 20 unspecified atom stereocenters. The van der Waals surface area contributed by atoms with Crippen LogP contribution in [0.5, 0.6) is 0 Å². The van der Waals surface area contributed by atoms with Gasteiger partial charge in [0.05, 0.1) is 0 Å². The average molecular weight is 1150 g/mol. The van der Waals surface area contributed by atoms with Gasteiger partial charge in [-0.15, -0.1) is 0 Å². The van der Waals surface area contributed by atoms with Crippen LogP contribution in [0.15, 0.2) is 0 Å². The molecule has 4 nitrogen and oxygen atoms in total. The summed E-state index contributed by atoms with van der Waals surface area (Å²) in [6.45, 7) is 21.8. The molecule has 5 aliphatic carbocycles. The van der Waals surface area contributed by atoms with Crippen molar-refractivity contribution in [2.24, 2.45) is 118 Å². The minimum atomic E-state index is 0.352. The highest BCUT2D eigenvalue weighted by Crippen LogP contribution is 2.49. The van der Waals surface area contributed by atoms with Crippen molar-refractivity contribution in [3.63, 3.8) is 0 Å². The first-order valence-corrected chi connectivity index (χ1v) is 38.2. The third-order valence-corrected chi connectivity index (χ3v) is 25.8. The summed E-state index contributed by atoms with van der Waals surface area (Å²) in [5.74, 6) is 17.5. The van der Waals surface area contributed by atoms with Crippen LogP contribution in [0.2, 0.25) is 0 Å². The topological polar surface area (TPSA) is 80.9 Å². The molecule has 5 rings (SSSR count). The van der Waals surface area contributed by atoms with E-state index in [-0.39, 0.29) is 0 Å². The van der Waals surface area contributed by atoms with Crippen LogP contribution >= 0.6 is 0 Å². The lowest BCUT2D eigenvalue weighted by Crippen LogP contribution is -2.17. The third-order valence-electron chi connectivity index (χ3n) is 25.8. The molecule has 5 aliphatic rings. The van der Waals surface area contributed by atoms with Crippen LogP contribution in [0, 0.1) is 118 Å². The van der Waals surface area contributed by atoms with Gasteiger partial charge < -0.3 is 20.4 Å². The van der Waals surface area contributed by atoms with E-state index in [1.54, 1.807) is 0 Å². The molecule has 0 aliphatic heterocycles. The molecule has 0 aromatic heterocycles. The van der Waals surface area contributed by atoms with Gasteiger partial charge in [0.1, 0.15) is 0 Å². The van der Waals surface area contributed by atoms with E-state index in [1.807, 2.05) is 0 Å². The summed E-state index contributed by atoms with van der Waals surface area (Å²) in [6.07, 6.45) is 64.5. The highest BCUT2D eigenvalue weighted by Gasteiger charge is 2.37. The fourth-order valence-electron chi connectivity index (χ4n) is 19.3. The van der Waals surface area contributed by atoms with Crippen LogP contribution < -0.4 is 0 Å². The van der Waals surface area contributed by atoms with E-state index in [0.717, 1.165) is 132 Å². The van der Waals surface area contributed by atoms with Crippen molar-refractivity contribution in [3.05, 3.63) is 0 Å². The summed E-state index contributed by atoms with van der Waals surface area (Å²) >= 11 is 0. The Bertz CT molecular complexity index is 1510. The minimum Gasteiger partial charge on any atom is -0.396 e. The van der Waals surface area contributed by atoms with Crippen LogP contribution in [-0.2, 0) is 0 Å². The first-order chi connectivity index (χ1) is 39.8. The molecule has 82 heavy (non-hydrogen) atoms. The van der Waals surface area contributed by atoms with E-state index in [1.165, 1.54) is 270 Å². The van der Waals surface area contributed by atoms with Crippen molar-refractivity contribution >= 4 is 0 Å². The quantitative estimate of drug-likeness (QED) is 0.0458. The molecule has 4 N–H and O–H groups in total. The summed E-state index contributed by atoms with van der Waals surface area (Å²) in [5.41, 5.74) is 0. The zero-order valence-corrected chi connectivity index (χ0v) is 56.7. The maximum absolute atomic E-state index is 9.62. The van der Waals surface area contributed by atoms with Gasteiger partial charge in [0.15, 0.2) is 0 Å². The monoisotopic (exact) mass is 1150 g/mol. The molecule has 0 amide bonds. The number of rotatable bonds is 49. The second-order valence-electron chi connectivity index (χ2n) is 32.6. The largest absolute Gasteiger partial charge is 0.396 e. The standard InChI is InChI=1S/C78H148O4/c1-59(19-14-23-63(5)74-40-37-71(55-74)30-16-21-61(3)46-50-80)31-32-68(28-18-24-64(6)76-43-44-78(58-76)77-42-39-73(57-77)48-52-82)34-33-67(27-17-22-62(4)65(7)53-66(8)75-41-38-72(56-75)47-51-81)25-12-10-9-11-13-26-69-35-36-70(54-69)29-15-20-60(2)45-49-79/h59-82H,9-58H2,1-8H3. The number of unbranched alkanes of at least 4 members (excludes halogenated alkanes) is 4. The summed E-state index contributed by atoms with van der Waals surface area (Å²) in [7, 11) is 0. The molecule has 20 atom stereocenters. The van der Waals surface area contributed by atoms with Gasteiger partial charge in [0.2, 0.25) is 0 Å². The van der Waals surface area contributed by atoms with Gasteiger partial charge in [0.25, 0.3) is 0 Å². The number of aliphatic hydroxyl groups excluding tert-OH is 4. The lowest BCUT2D eigenvalue weighted by Gasteiger charge is -2.28. The Kier molecular flexibility index (Phi) is 37.8. The Morgan fingerprint density at radius 2 is 0.671 bits per heavy atom. The van der Waals surface area contributed by atoms with Crippen molar-refractivity contribution in [1.29, 1.82) is 0 Å². The van der Waals surface area contributed by atoms with Crippen molar-refractivity contribution in [1.82, 2.24) is 0 Å². The second kappa shape index (κ2) is 42.7. The predicted octanol–water partition coefficient (Wildman–Crippen LogP) is 22.5. The molecule has 0 saturated heterocycles. The van der Waals surface area contributed by atoms with E-state index in [2.05, 4.69) is 55.4 Å². The highest BCUT2D eigenvalue weighted by atomic mass is 16.3. The van der Waals surface area contributed by atoms with Crippen LogP contribution in [0.1, 0.15) is 351 Å². The van der Waals surface area contributed by atoms with E-state index in [4.69, 9.17) is 0 Å². The van der Waals surface area contributed by atoms with E-state index in [0.29, 0.717) is 38.3 Å². The number of hydrogen-bond acceptors (Lipinski definition) is 4. The maximum Gasteiger partial charge on any atom is 0.0433 e. The van der Waals surface area contributed by atoms with Crippen molar-refractivity contribution in [3.8, 4) is 0 Å². The lowest BCUT2D eigenvalue weighted by molar-refractivity contribution is 0.226. The SMILES string of the molecule is CC(CCO)CCCC1CCC(CCCCCCCC(CCCC(C)C(C)CC(C)C2CCC(CCO)C2)CCC(CCCC(C)C2CCC(C3CCC(CCO)C3)C2)CCC(C)CCCC(C)C2CCC(CCCC(C)CCO)C2)C1. The zero-order chi connectivity index (χ0) is 58.9. The summed E-state index contributed by atoms with van der Waals surface area (Å²) < 4.78 is 0. The van der Waals surface area contributed by atoms with Crippen LogP contribution in [0.3, 0.4) is 0 Å². The fraction of sp³-hybridized carbons (Fsp3) is 1.00. The van der Waals surface area contributed by atoms with Crippen LogP contribution in [0.4, 0.5) is 0 Å². The predicted molar refractivity (Wildman–Crippen MR) is 356 cm³/mol. The highest BCUT2D eigenvalue weighted by molar-refractivity contribution is 4.88. The fourth-order valence-corrected chi connectivity index (χ4v) is 19.3. The second-order valence-corrected chi connectivity index (χ2v) is 32.6. The van der Waals surface area contributed by atoms with Crippen LogP contribution in [-0.4, -0.2) is 46.9 Å². The minimum absolute atomic E-state index is 0.352. The van der Waals surface area contributed by atoms with Crippen LogP contribution in [0.25, 0.3) is 0 Å². The van der Waals surface area contributed by atoms with Gasteiger partial charge in [0, 0.05) is 26.4 Å². The number of aliphatic hydroxyl groups is 4. The molecule has 4 heteroatoms. The Hall–Kier alpha value is -0.160. The lowest BCUT2D eigenvalue weighted by atomic mass is 9.78.